The van der Waals surface area contributed by atoms with E-state index in [1.54, 1.807) is 6.92 Å². The second-order valence-electron chi connectivity index (χ2n) is 3.82. The molecule has 0 unspecified atom stereocenters. The fourth-order valence-corrected chi connectivity index (χ4v) is 2.16. The number of nitrogens with zero attached hydrogens (tertiary/aromatic N) is 1. The van der Waals surface area contributed by atoms with Crippen molar-refractivity contribution < 1.29 is 9.90 Å². The molecular formula is C12H11BrN2O2. The zero-order valence-electron chi connectivity index (χ0n) is 9.41. The number of imidazole rings is 1. The molecule has 1 aromatic carbocycles. The van der Waals surface area contributed by atoms with Crippen LogP contribution in [0.1, 0.15) is 21.7 Å². The second-order valence-corrected chi connectivity index (χ2v) is 4.74. The van der Waals surface area contributed by atoms with Gasteiger partial charge in [-0.05, 0) is 37.6 Å². The van der Waals surface area contributed by atoms with Crippen LogP contribution in [0.25, 0.3) is 11.4 Å². The van der Waals surface area contributed by atoms with Gasteiger partial charge in [-0.25, -0.2) is 9.78 Å². The lowest BCUT2D eigenvalue weighted by atomic mass is 10.1. The number of nitrogens with one attached hydrogen (secondary N) is 1. The number of halogens is 1. The average molecular weight is 295 g/mol. The Labute approximate surface area is 107 Å². The molecule has 17 heavy (non-hydrogen) atoms. The summed E-state index contributed by atoms with van der Waals surface area (Å²) in [6, 6.07) is 5.78. The van der Waals surface area contributed by atoms with Crippen LogP contribution in [0.3, 0.4) is 0 Å². The van der Waals surface area contributed by atoms with Crippen molar-refractivity contribution in [2.24, 2.45) is 0 Å². The second kappa shape index (κ2) is 4.33. The van der Waals surface area contributed by atoms with Crippen molar-refractivity contribution in [3.05, 3.63) is 39.6 Å². The van der Waals surface area contributed by atoms with E-state index in [-0.39, 0.29) is 5.69 Å². The Bertz CT molecular complexity index is 590. The molecule has 2 N–H and O–H groups in total. The molecular weight excluding hydrogens is 284 g/mol. The molecule has 0 amide bonds. The van der Waals surface area contributed by atoms with E-state index in [0.29, 0.717) is 11.5 Å². The molecule has 5 heteroatoms. The van der Waals surface area contributed by atoms with Gasteiger partial charge in [0.05, 0.1) is 0 Å². The lowest BCUT2D eigenvalue weighted by Gasteiger charge is -2.02. The van der Waals surface area contributed by atoms with Gasteiger partial charge >= 0.3 is 5.97 Å². The zero-order valence-corrected chi connectivity index (χ0v) is 11.0. The first-order valence-electron chi connectivity index (χ1n) is 5.05. The fourth-order valence-electron chi connectivity index (χ4n) is 1.69. The van der Waals surface area contributed by atoms with Crippen molar-refractivity contribution in [3.8, 4) is 11.4 Å². The summed E-state index contributed by atoms with van der Waals surface area (Å²) in [4.78, 5) is 18.0. The van der Waals surface area contributed by atoms with Gasteiger partial charge in [-0.1, -0.05) is 15.9 Å². The number of rotatable bonds is 2. The zero-order chi connectivity index (χ0) is 12.6. The molecule has 2 aromatic rings. The molecule has 1 aromatic heterocycles. The summed E-state index contributed by atoms with van der Waals surface area (Å²) in [7, 11) is 0. The van der Waals surface area contributed by atoms with Gasteiger partial charge in [0.2, 0.25) is 0 Å². The standard InChI is InChI=1S/C12H11BrN2O2/c1-6-5-8(13)3-4-9(6)11-14-7(2)10(15-11)12(16)17/h3-5H,1-2H3,(H,14,15)(H,16,17). The maximum atomic E-state index is 10.9. The molecule has 4 nitrogen and oxygen atoms in total. The van der Waals surface area contributed by atoms with E-state index >= 15 is 0 Å². The lowest BCUT2D eigenvalue weighted by molar-refractivity contribution is 0.0690. The van der Waals surface area contributed by atoms with Gasteiger partial charge in [-0.2, -0.15) is 0 Å². The van der Waals surface area contributed by atoms with Gasteiger partial charge in [0, 0.05) is 15.7 Å². The summed E-state index contributed by atoms with van der Waals surface area (Å²) in [5, 5.41) is 8.95. The van der Waals surface area contributed by atoms with E-state index in [1.807, 2.05) is 25.1 Å². The summed E-state index contributed by atoms with van der Waals surface area (Å²) in [6.45, 7) is 3.66. The quantitative estimate of drug-likeness (QED) is 0.894. The van der Waals surface area contributed by atoms with Crippen LogP contribution in [0, 0.1) is 13.8 Å². The first-order valence-corrected chi connectivity index (χ1v) is 5.84. The van der Waals surface area contributed by atoms with Gasteiger partial charge in [0.25, 0.3) is 0 Å². The Morgan fingerprint density at radius 2 is 2.12 bits per heavy atom. The molecule has 88 valence electrons. The number of hydrogen-bond donors (Lipinski definition) is 2. The van der Waals surface area contributed by atoms with E-state index in [2.05, 4.69) is 25.9 Å². The van der Waals surface area contributed by atoms with Crippen LogP contribution in [-0.4, -0.2) is 21.0 Å². The molecule has 0 radical (unpaired) electrons. The maximum absolute atomic E-state index is 10.9. The van der Waals surface area contributed by atoms with Gasteiger partial charge in [-0.15, -0.1) is 0 Å². The van der Waals surface area contributed by atoms with Crippen molar-refractivity contribution in [2.75, 3.05) is 0 Å². The molecule has 2 rings (SSSR count). The molecule has 0 aliphatic rings. The molecule has 0 saturated carbocycles. The Morgan fingerprint density at radius 1 is 1.41 bits per heavy atom. The lowest BCUT2D eigenvalue weighted by Crippen LogP contribution is -1.98. The molecule has 1 heterocycles. The smallest absolute Gasteiger partial charge is 0.356 e. The number of aromatic nitrogens is 2. The Hall–Kier alpha value is -1.62. The number of carbonyl (C=O) groups is 1. The minimum Gasteiger partial charge on any atom is -0.476 e. The van der Waals surface area contributed by atoms with Crippen molar-refractivity contribution in [1.82, 2.24) is 9.97 Å². The normalized spacial score (nSPS) is 10.5. The molecule has 0 spiro atoms. The van der Waals surface area contributed by atoms with Crippen LogP contribution in [-0.2, 0) is 0 Å². The van der Waals surface area contributed by atoms with Crippen LogP contribution in [0.2, 0.25) is 0 Å². The highest BCUT2D eigenvalue weighted by Gasteiger charge is 2.15. The number of aryl methyl sites for hydroxylation is 2. The number of hydrogen-bond acceptors (Lipinski definition) is 2. The number of aromatic amines is 1. The third kappa shape index (κ3) is 2.24. The van der Waals surface area contributed by atoms with Crippen LogP contribution in [0.4, 0.5) is 0 Å². The number of aromatic carboxylic acids is 1. The van der Waals surface area contributed by atoms with Crippen LogP contribution >= 0.6 is 15.9 Å². The summed E-state index contributed by atoms with van der Waals surface area (Å²) in [5.74, 6) is -0.426. The van der Waals surface area contributed by atoms with E-state index in [0.717, 1.165) is 15.6 Å². The molecule has 0 saturated heterocycles. The van der Waals surface area contributed by atoms with Crippen LogP contribution in [0.5, 0.6) is 0 Å². The van der Waals surface area contributed by atoms with Crippen molar-refractivity contribution >= 4 is 21.9 Å². The largest absolute Gasteiger partial charge is 0.476 e. The third-order valence-corrected chi connectivity index (χ3v) is 3.02. The van der Waals surface area contributed by atoms with Gasteiger partial charge < -0.3 is 10.1 Å². The van der Waals surface area contributed by atoms with E-state index in [1.165, 1.54) is 0 Å². The highest BCUT2D eigenvalue weighted by atomic mass is 79.9. The summed E-state index contributed by atoms with van der Waals surface area (Å²) >= 11 is 3.39. The van der Waals surface area contributed by atoms with E-state index in [4.69, 9.17) is 5.11 Å². The van der Waals surface area contributed by atoms with Gasteiger partial charge in [0.15, 0.2) is 5.69 Å². The minimum atomic E-state index is -1.01. The Morgan fingerprint density at radius 3 is 2.65 bits per heavy atom. The Kier molecular flexibility index (Phi) is 3.02. The molecule has 0 fully saturated rings. The Balaban J connectivity index is 2.53. The van der Waals surface area contributed by atoms with Gasteiger partial charge in [-0.3, -0.25) is 0 Å². The highest BCUT2D eigenvalue weighted by molar-refractivity contribution is 9.10. The third-order valence-electron chi connectivity index (χ3n) is 2.53. The van der Waals surface area contributed by atoms with Crippen molar-refractivity contribution in [2.45, 2.75) is 13.8 Å². The predicted molar refractivity (Wildman–Crippen MR) is 68.2 cm³/mol. The summed E-state index contributed by atoms with van der Waals surface area (Å²) in [6.07, 6.45) is 0. The van der Waals surface area contributed by atoms with E-state index < -0.39 is 5.97 Å². The fraction of sp³-hybridized carbons (Fsp3) is 0.167. The number of benzene rings is 1. The van der Waals surface area contributed by atoms with Gasteiger partial charge in [0.1, 0.15) is 5.82 Å². The summed E-state index contributed by atoms with van der Waals surface area (Å²) < 4.78 is 0.987. The minimum absolute atomic E-state index is 0.0716. The topological polar surface area (TPSA) is 66.0 Å². The van der Waals surface area contributed by atoms with Crippen molar-refractivity contribution in [1.29, 1.82) is 0 Å². The van der Waals surface area contributed by atoms with Crippen LogP contribution < -0.4 is 0 Å². The predicted octanol–water partition coefficient (Wildman–Crippen LogP) is 3.15. The highest BCUT2D eigenvalue weighted by Crippen LogP contribution is 2.24. The first kappa shape index (κ1) is 11.9. The summed E-state index contributed by atoms with van der Waals surface area (Å²) in [5.41, 5.74) is 2.58. The molecule has 0 aliphatic heterocycles. The average Bonchev–Trinajstić information content (AvgIpc) is 2.60. The van der Waals surface area contributed by atoms with E-state index in [9.17, 15) is 4.79 Å². The first-order chi connectivity index (χ1) is 7.99. The van der Waals surface area contributed by atoms with Crippen LogP contribution in [0.15, 0.2) is 22.7 Å². The van der Waals surface area contributed by atoms with Crippen molar-refractivity contribution in [3.63, 3.8) is 0 Å². The monoisotopic (exact) mass is 294 g/mol. The number of H-pyrrole nitrogens is 1. The molecule has 0 bridgehead atoms. The maximum Gasteiger partial charge on any atom is 0.356 e. The molecule has 0 atom stereocenters. The SMILES string of the molecule is Cc1cc(Br)ccc1-c1nc(C(=O)O)c(C)[nH]1. The number of carboxylic acid groups (broad SMARTS) is 1. The number of carboxylic acids is 1. The molecule has 0 aliphatic carbocycles.